The summed E-state index contributed by atoms with van der Waals surface area (Å²) in [6.45, 7) is 3.96. The second-order valence-electron chi connectivity index (χ2n) is 7.02. The minimum Gasteiger partial charge on any atom is -0.447 e. The van der Waals surface area contributed by atoms with Crippen molar-refractivity contribution in [2.24, 2.45) is 0 Å². The molecule has 0 aromatic heterocycles. The van der Waals surface area contributed by atoms with Crippen molar-refractivity contribution < 1.29 is 39.9 Å². The van der Waals surface area contributed by atoms with Crippen LogP contribution in [0.5, 0.6) is 0 Å². The van der Waals surface area contributed by atoms with E-state index in [-0.39, 0.29) is 24.3 Å². The summed E-state index contributed by atoms with van der Waals surface area (Å²) >= 11 is 0. The van der Waals surface area contributed by atoms with Crippen LogP contribution < -0.4 is 0 Å². The lowest BCUT2D eigenvalue weighted by Gasteiger charge is -2.25. The number of amides is 1. The average Bonchev–Trinajstić information content (AvgIpc) is 2.93. The van der Waals surface area contributed by atoms with Gasteiger partial charge in [0.1, 0.15) is 9.84 Å². The largest absolute Gasteiger partial charge is 0.453 e. The van der Waals surface area contributed by atoms with Gasteiger partial charge in [0, 0.05) is 19.0 Å². The van der Waals surface area contributed by atoms with Crippen molar-refractivity contribution in [1.82, 2.24) is 4.90 Å². The molecule has 1 unspecified atom stereocenters. The van der Waals surface area contributed by atoms with Crippen molar-refractivity contribution in [3.63, 3.8) is 0 Å². The molecule has 0 aromatic carbocycles. The Kier molecular flexibility index (Phi) is 8.31. The summed E-state index contributed by atoms with van der Waals surface area (Å²) in [7, 11) is -3.73. The van der Waals surface area contributed by atoms with Crippen LogP contribution in [0.15, 0.2) is 0 Å². The van der Waals surface area contributed by atoms with Gasteiger partial charge in [-0.05, 0) is 46.0 Å². The van der Waals surface area contributed by atoms with E-state index in [1.165, 1.54) is 0 Å². The summed E-state index contributed by atoms with van der Waals surface area (Å²) < 4.78 is 90.7. The molecule has 0 bridgehead atoms. The summed E-state index contributed by atoms with van der Waals surface area (Å²) in [6, 6.07) is -0.152. The van der Waals surface area contributed by atoms with Crippen LogP contribution in [-0.4, -0.2) is 61.7 Å². The van der Waals surface area contributed by atoms with Crippen molar-refractivity contribution in [2.45, 2.75) is 76.6 Å². The molecule has 1 rings (SSSR count). The number of halogens is 5. The fraction of sp³-hybridized carbons (Fsp3) is 0.938. The third kappa shape index (κ3) is 7.79. The summed E-state index contributed by atoms with van der Waals surface area (Å²) in [6.07, 6.45) is -6.61. The molecule has 1 atom stereocenters. The van der Waals surface area contributed by atoms with Gasteiger partial charge < -0.3 is 9.64 Å². The van der Waals surface area contributed by atoms with E-state index >= 15 is 0 Å². The van der Waals surface area contributed by atoms with Gasteiger partial charge in [-0.15, -0.1) is 0 Å². The Morgan fingerprint density at radius 2 is 1.74 bits per heavy atom. The van der Waals surface area contributed by atoms with Crippen LogP contribution in [0, 0.1) is 0 Å². The first-order valence-electron chi connectivity index (χ1n) is 8.87. The highest BCUT2D eigenvalue weighted by atomic mass is 32.2. The minimum absolute atomic E-state index is 0.152. The zero-order valence-electron chi connectivity index (χ0n) is 15.4. The quantitative estimate of drug-likeness (QED) is 0.522. The van der Waals surface area contributed by atoms with E-state index < -0.39 is 46.6 Å². The standard InChI is InChI=1S/C16H26F5NO4S/c1-12(2)26-14(23)22-9-3-6-13(22)7-4-10-27(24,25)11-5-8-15(17,18)16(19,20)21/h12-13H,3-11H2,1-2H3. The lowest BCUT2D eigenvalue weighted by molar-refractivity contribution is -0.284. The maximum atomic E-state index is 12.8. The van der Waals surface area contributed by atoms with E-state index in [1.807, 2.05) is 0 Å². The number of nitrogens with zero attached hydrogens (tertiary/aromatic N) is 1. The molecular weight excluding hydrogens is 397 g/mol. The van der Waals surface area contributed by atoms with Crippen molar-refractivity contribution in [3.8, 4) is 0 Å². The lowest BCUT2D eigenvalue weighted by Crippen LogP contribution is -2.37. The van der Waals surface area contributed by atoms with Crippen molar-refractivity contribution in [3.05, 3.63) is 0 Å². The molecule has 5 nitrogen and oxygen atoms in total. The topological polar surface area (TPSA) is 63.7 Å². The molecule has 0 N–H and O–H groups in total. The first kappa shape index (κ1) is 23.9. The zero-order chi connectivity index (χ0) is 20.9. The predicted octanol–water partition coefficient (Wildman–Crippen LogP) is 4.17. The number of sulfone groups is 1. The lowest BCUT2D eigenvalue weighted by atomic mass is 10.1. The smallest absolute Gasteiger partial charge is 0.447 e. The van der Waals surface area contributed by atoms with Gasteiger partial charge >= 0.3 is 18.2 Å². The van der Waals surface area contributed by atoms with Gasteiger partial charge in [-0.25, -0.2) is 13.2 Å². The van der Waals surface area contributed by atoms with Crippen LogP contribution >= 0.6 is 0 Å². The fourth-order valence-corrected chi connectivity index (χ4v) is 4.34. The first-order chi connectivity index (χ1) is 12.3. The molecule has 1 fully saturated rings. The van der Waals surface area contributed by atoms with Crippen LogP contribution in [0.2, 0.25) is 0 Å². The molecule has 0 aromatic rings. The van der Waals surface area contributed by atoms with Crippen molar-refractivity contribution in [1.29, 1.82) is 0 Å². The van der Waals surface area contributed by atoms with Crippen LogP contribution in [0.25, 0.3) is 0 Å². The molecule has 27 heavy (non-hydrogen) atoms. The normalized spacial score (nSPS) is 19.0. The fourth-order valence-electron chi connectivity index (χ4n) is 2.94. The number of carbonyl (C=O) groups is 1. The summed E-state index contributed by atoms with van der Waals surface area (Å²) in [5, 5.41) is 0. The summed E-state index contributed by atoms with van der Waals surface area (Å²) in [5.41, 5.74) is 0. The van der Waals surface area contributed by atoms with Gasteiger partial charge in [0.2, 0.25) is 0 Å². The van der Waals surface area contributed by atoms with Crippen LogP contribution in [0.3, 0.4) is 0 Å². The van der Waals surface area contributed by atoms with E-state index in [9.17, 15) is 35.2 Å². The van der Waals surface area contributed by atoms with Gasteiger partial charge in [0.15, 0.2) is 0 Å². The Morgan fingerprint density at radius 3 is 2.30 bits per heavy atom. The maximum Gasteiger partial charge on any atom is 0.453 e. The van der Waals surface area contributed by atoms with Crippen LogP contribution in [0.4, 0.5) is 26.7 Å². The second-order valence-corrected chi connectivity index (χ2v) is 9.33. The molecule has 160 valence electrons. The minimum atomic E-state index is -5.67. The Hall–Kier alpha value is -1.13. The van der Waals surface area contributed by atoms with Crippen molar-refractivity contribution >= 4 is 15.9 Å². The molecule has 0 saturated carbocycles. The third-order valence-electron chi connectivity index (χ3n) is 4.30. The van der Waals surface area contributed by atoms with Gasteiger partial charge in [-0.2, -0.15) is 22.0 Å². The number of hydrogen-bond donors (Lipinski definition) is 0. The number of likely N-dealkylation sites (tertiary alicyclic amines) is 1. The number of carbonyl (C=O) groups excluding carboxylic acids is 1. The maximum absolute atomic E-state index is 12.8. The second kappa shape index (κ2) is 9.38. The number of hydrogen-bond acceptors (Lipinski definition) is 4. The Bertz CT molecular complexity index is 592. The zero-order valence-corrected chi connectivity index (χ0v) is 16.2. The van der Waals surface area contributed by atoms with E-state index in [1.54, 1.807) is 18.7 Å². The van der Waals surface area contributed by atoms with Crippen molar-refractivity contribution in [2.75, 3.05) is 18.1 Å². The number of ether oxygens (including phenoxy) is 1. The molecule has 0 radical (unpaired) electrons. The van der Waals surface area contributed by atoms with Gasteiger partial charge in [-0.1, -0.05) is 0 Å². The molecule has 0 aliphatic carbocycles. The Morgan fingerprint density at radius 1 is 1.15 bits per heavy atom. The van der Waals surface area contributed by atoms with Crippen LogP contribution in [0.1, 0.15) is 52.4 Å². The Balaban J connectivity index is 2.40. The summed E-state index contributed by atoms with van der Waals surface area (Å²) in [4.78, 5) is 13.5. The molecular formula is C16H26F5NO4S. The number of rotatable bonds is 9. The first-order valence-corrected chi connectivity index (χ1v) is 10.7. The molecule has 1 amide bonds. The highest BCUT2D eigenvalue weighted by Crippen LogP contribution is 2.38. The van der Waals surface area contributed by atoms with E-state index in [4.69, 9.17) is 4.74 Å². The van der Waals surface area contributed by atoms with E-state index in [2.05, 4.69) is 0 Å². The molecule has 1 aliphatic heterocycles. The summed E-state index contributed by atoms with van der Waals surface area (Å²) in [5.74, 6) is -5.92. The molecule has 1 saturated heterocycles. The average molecular weight is 423 g/mol. The van der Waals surface area contributed by atoms with E-state index in [0.717, 1.165) is 6.42 Å². The molecule has 11 heteroatoms. The SMILES string of the molecule is CC(C)OC(=O)N1CCCC1CCCS(=O)(=O)CCCC(F)(F)C(F)(F)F. The molecule has 0 spiro atoms. The third-order valence-corrected chi connectivity index (χ3v) is 6.12. The number of alkyl halides is 5. The highest BCUT2D eigenvalue weighted by Gasteiger charge is 2.56. The van der Waals surface area contributed by atoms with Gasteiger partial charge in [0.05, 0.1) is 17.6 Å². The Labute approximate surface area is 156 Å². The molecule has 1 aliphatic rings. The van der Waals surface area contributed by atoms with Gasteiger partial charge in [-0.3, -0.25) is 0 Å². The predicted molar refractivity (Wildman–Crippen MR) is 89.5 cm³/mol. The molecule has 1 heterocycles. The van der Waals surface area contributed by atoms with E-state index in [0.29, 0.717) is 19.4 Å². The van der Waals surface area contributed by atoms with Crippen LogP contribution in [-0.2, 0) is 14.6 Å². The monoisotopic (exact) mass is 423 g/mol. The van der Waals surface area contributed by atoms with Gasteiger partial charge in [0.25, 0.3) is 0 Å². The highest BCUT2D eigenvalue weighted by molar-refractivity contribution is 7.91.